The number of hydrogen-bond donors (Lipinski definition) is 1. The van der Waals surface area contributed by atoms with E-state index >= 15 is 0 Å². The van der Waals surface area contributed by atoms with Gasteiger partial charge in [0, 0.05) is 43.9 Å². The molecule has 2 bridgehead atoms. The molecular formula is C30H32F3N5O3. The number of rotatable bonds is 7. The fourth-order valence-corrected chi connectivity index (χ4v) is 7.30. The van der Waals surface area contributed by atoms with Gasteiger partial charge in [0.15, 0.2) is 0 Å². The molecule has 0 spiro atoms. The Bertz CT molecular complexity index is 1500. The molecule has 216 valence electrons. The third-order valence-corrected chi connectivity index (χ3v) is 9.51. The van der Waals surface area contributed by atoms with Crippen molar-refractivity contribution >= 4 is 11.6 Å². The lowest BCUT2D eigenvalue weighted by Crippen LogP contribution is -2.48. The largest absolute Gasteiger partial charge is 0.416 e. The Labute approximate surface area is 235 Å². The molecule has 11 heteroatoms. The summed E-state index contributed by atoms with van der Waals surface area (Å²) in [6.07, 6.45) is 0.613. The van der Waals surface area contributed by atoms with Crippen LogP contribution in [-0.2, 0) is 41.2 Å². The second-order valence-corrected chi connectivity index (χ2v) is 11.9. The van der Waals surface area contributed by atoms with Crippen LogP contribution in [0, 0.1) is 5.92 Å². The number of nitrogens with zero attached hydrogens (tertiary/aromatic N) is 4. The maximum atomic E-state index is 14.3. The van der Waals surface area contributed by atoms with Crippen LogP contribution in [0.2, 0.25) is 0 Å². The molecule has 41 heavy (non-hydrogen) atoms. The molecule has 3 unspecified atom stereocenters. The van der Waals surface area contributed by atoms with Crippen LogP contribution in [0.5, 0.6) is 0 Å². The predicted molar refractivity (Wildman–Crippen MR) is 143 cm³/mol. The number of carbonyl (C=O) groups is 1. The molecule has 1 aromatic heterocycles. The first-order valence-electron chi connectivity index (χ1n) is 14.0. The van der Waals surface area contributed by atoms with E-state index in [0.29, 0.717) is 36.6 Å². The van der Waals surface area contributed by atoms with Gasteiger partial charge in [0.2, 0.25) is 0 Å². The zero-order valence-corrected chi connectivity index (χ0v) is 22.9. The first-order chi connectivity index (χ1) is 19.7. The van der Waals surface area contributed by atoms with Crippen LogP contribution < -0.4 is 10.2 Å². The standard InChI is InChI=1S/C30H32F3N5O3/c1-37-16-35-36-28(37)29(11-22(12-29)40-2)19-4-3-5-20(9-19)38-14-24-23(27(38)39)6-17(7-25(24)30(31,32)33)13-34-26-10-21-8-18(26)15-41-21/h3-7,9,16,18,21-22,26,34H,8,10-15H2,1-2H3. The molecule has 4 aliphatic rings. The zero-order valence-electron chi connectivity index (χ0n) is 22.9. The number of halogens is 3. The van der Waals surface area contributed by atoms with E-state index in [1.54, 1.807) is 25.6 Å². The maximum absolute atomic E-state index is 14.3. The van der Waals surface area contributed by atoms with Crippen molar-refractivity contribution in [3.8, 4) is 0 Å². The zero-order chi connectivity index (χ0) is 28.5. The van der Waals surface area contributed by atoms with E-state index in [0.717, 1.165) is 24.2 Å². The number of fused-ring (bicyclic) bond motifs is 3. The van der Waals surface area contributed by atoms with Gasteiger partial charge >= 0.3 is 6.18 Å². The van der Waals surface area contributed by atoms with E-state index in [9.17, 15) is 18.0 Å². The third-order valence-electron chi connectivity index (χ3n) is 9.51. The quantitative estimate of drug-likeness (QED) is 0.457. The lowest BCUT2D eigenvalue weighted by molar-refractivity contribution is -0.138. The van der Waals surface area contributed by atoms with Gasteiger partial charge in [-0.1, -0.05) is 12.1 Å². The van der Waals surface area contributed by atoms with Gasteiger partial charge in [0.05, 0.1) is 36.3 Å². The number of carbonyl (C=O) groups excluding carboxylic acids is 1. The summed E-state index contributed by atoms with van der Waals surface area (Å²) < 4.78 is 56.0. The summed E-state index contributed by atoms with van der Waals surface area (Å²) >= 11 is 0. The molecule has 3 fully saturated rings. The highest BCUT2D eigenvalue weighted by Gasteiger charge is 2.51. The van der Waals surface area contributed by atoms with E-state index in [2.05, 4.69) is 15.5 Å². The molecule has 7 rings (SSSR count). The number of anilines is 1. The molecule has 1 saturated heterocycles. The van der Waals surface area contributed by atoms with Crippen LogP contribution in [0.25, 0.3) is 0 Å². The van der Waals surface area contributed by atoms with E-state index < -0.39 is 23.1 Å². The van der Waals surface area contributed by atoms with Gasteiger partial charge in [-0.25, -0.2) is 0 Å². The SMILES string of the molecule is COC1CC(c2cccc(N3Cc4c(cc(CNC5CC6CC5CO6)cc4C(F)(F)F)C3=O)c2)(c2nncn2C)C1. The van der Waals surface area contributed by atoms with Crippen molar-refractivity contribution in [2.24, 2.45) is 13.0 Å². The fourth-order valence-electron chi connectivity index (χ4n) is 7.30. The van der Waals surface area contributed by atoms with Crippen LogP contribution in [0.3, 0.4) is 0 Å². The van der Waals surface area contributed by atoms with Gasteiger partial charge in [-0.2, -0.15) is 13.2 Å². The minimum Gasteiger partial charge on any atom is -0.381 e. The Balaban J connectivity index is 1.19. The molecule has 2 aliphatic carbocycles. The Hall–Kier alpha value is -3.28. The number of nitrogens with one attached hydrogen (secondary N) is 1. The summed E-state index contributed by atoms with van der Waals surface area (Å²) in [5.41, 5.74) is 0.885. The number of hydrogen-bond acceptors (Lipinski definition) is 6. The van der Waals surface area contributed by atoms with Gasteiger partial charge in [0.1, 0.15) is 12.2 Å². The molecule has 3 aromatic rings. The second-order valence-electron chi connectivity index (χ2n) is 11.9. The number of ether oxygens (including phenoxy) is 2. The fraction of sp³-hybridized carbons (Fsp3) is 0.500. The molecule has 1 N–H and O–H groups in total. The highest BCUT2D eigenvalue weighted by molar-refractivity contribution is 6.10. The predicted octanol–water partition coefficient (Wildman–Crippen LogP) is 4.36. The molecule has 2 saturated carbocycles. The molecule has 8 nitrogen and oxygen atoms in total. The van der Waals surface area contributed by atoms with Crippen molar-refractivity contribution in [1.82, 2.24) is 20.1 Å². The molecule has 2 aromatic carbocycles. The minimum absolute atomic E-state index is 0.0242. The average molecular weight is 568 g/mol. The Morgan fingerprint density at radius 2 is 2.02 bits per heavy atom. The van der Waals surface area contributed by atoms with Crippen LogP contribution >= 0.6 is 0 Å². The molecular weight excluding hydrogens is 535 g/mol. The number of aryl methyl sites for hydroxylation is 1. The Kier molecular flexibility index (Phi) is 6.26. The van der Waals surface area contributed by atoms with Crippen molar-refractivity contribution in [2.45, 2.75) is 68.6 Å². The molecule has 1 amide bonds. The van der Waals surface area contributed by atoms with Gasteiger partial charge in [-0.3, -0.25) is 4.79 Å². The molecule has 2 aliphatic heterocycles. The normalized spacial score (nSPS) is 28.8. The number of amides is 1. The lowest BCUT2D eigenvalue weighted by Gasteiger charge is -2.46. The summed E-state index contributed by atoms with van der Waals surface area (Å²) in [7, 11) is 3.56. The van der Waals surface area contributed by atoms with Crippen LogP contribution in [0.4, 0.5) is 18.9 Å². The number of methoxy groups -OCH3 is 1. The van der Waals surface area contributed by atoms with E-state index in [1.165, 1.54) is 11.0 Å². The van der Waals surface area contributed by atoms with Crippen molar-refractivity contribution in [3.05, 3.63) is 76.4 Å². The number of aromatic nitrogens is 3. The first kappa shape index (κ1) is 26.6. The highest BCUT2D eigenvalue weighted by Crippen LogP contribution is 2.50. The third kappa shape index (κ3) is 4.36. The summed E-state index contributed by atoms with van der Waals surface area (Å²) in [4.78, 5) is 15.1. The summed E-state index contributed by atoms with van der Waals surface area (Å²) in [6, 6.07) is 10.5. The van der Waals surface area contributed by atoms with Crippen LogP contribution in [0.1, 0.15) is 64.1 Å². The lowest BCUT2D eigenvalue weighted by atomic mass is 9.62. The summed E-state index contributed by atoms with van der Waals surface area (Å²) in [6.45, 7) is 0.826. The maximum Gasteiger partial charge on any atom is 0.416 e. The van der Waals surface area contributed by atoms with Crippen molar-refractivity contribution in [2.75, 3.05) is 18.6 Å². The van der Waals surface area contributed by atoms with E-state index in [1.807, 2.05) is 29.8 Å². The second kappa shape index (κ2) is 9.64. The van der Waals surface area contributed by atoms with Crippen molar-refractivity contribution in [3.63, 3.8) is 0 Å². The minimum atomic E-state index is -4.57. The number of benzene rings is 2. The van der Waals surface area contributed by atoms with Crippen LogP contribution in [-0.4, -0.2) is 52.6 Å². The molecule has 0 radical (unpaired) electrons. The van der Waals surface area contributed by atoms with E-state index in [-0.39, 0.29) is 42.5 Å². The van der Waals surface area contributed by atoms with Crippen molar-refractivity contribution < 1.29 is 27.4 Å². The van der Waals surface area contributed by atoms with Gasteiger partial charge in [-0.15, -0.1) is 10.2 Å². The van der Waals surface area contributed by atoms with Gasteiger partial charge < -0.3 is 24.3 Å². The molecule has 3 atom stereocenters. The topological polar surface area (TPSA) is 81.5 Å². The summed E-state index contributed by atoms with van der Waals surface area (Å²) in [5.74, 6) is 0.757. The van der Waals surface area contributed by atoms with Gasteiger partial charge in [-0.05, 0) is 66.6 Å². The average Bonchev–Trinajstić information content (AvgIpc) is 3.72. The monoisotopic (exact) mass is 567 g/mol. The highest BCUT2D eigenvalue weighted by atomic mass is 19.4. The summed E-state index contributed by atoms with van der Waals surface area (Å²) in [5, 5.41) is 11.9. The number of alkyl halides is 3. The first-order valence-corrected chi connectivity index (χ1v) is 14.0. The van der Waals surface area contributed by atoms with Crippen LogP contribution in [0.15, 0.2) is 42.7 Å². The smallest absolute Gasteiger partial charge is 0.381 e. The van der Waals surface area contributed by atoms with Crippen molar-refractivity contribution in [1.29, 1.82) is 0 Å². The van der Waals surface area contributed by atoms with Gasteiger partial charge in [0.25, 0.3) is 5.91 Å². The molecule has 3 heterocycles. The Morgan fingerprint density at radius 3 is 2.68 bits per heavy atom. The Morgan fingerprint density at radius 1 is 1.20 bits per heavy atom. The van der Waals surface area contributed by atoms with E-state index in [4.69, 9.17) is 9.47 Å².